The van der Waals surface area contributed by atoms with Gasteiger partial charge in [-0.2, -0.15) is 0 Å². The van der Waals surface area contributed by atoms with Crippen LogP contribution in [0.2, 0.25) is 0 Å². The molecule has 164 valence electrons. The van der Waals surface area contributed by atoms with Crippen LogP contribution in [0.25, 0.3) is 0 Å². The van der Waals surface area contributed by atoms with Crippen LogP contribution >= 0.6 is 15.9 Å². The summed E-state index contributed by atoms with van der Waals surface area (Å²) in [6, 6.07) is 0.743. The van der Waals surface area contributed by atoms with Crippen molar-refractivity contribution in [3.63, 3.8) is 0 Å². The van der Waals surface area contributed by atoms with Crippen LogP contribution in [0.15, 0.2) is 16.6 Å². The Morgan fingerprint density at radius 3 is 1.83 bits per heavy atom. The molecule has 29 heavy (non-hydrogen) atoms. The standard InChI is InChI=1S/C9H8BrF2NO2.C8H14O6/c10-5-3-7(12)6(11)1-4(5)2-8(13)9(14)15;1-7(2,3)8(14,6(12)13)4(9)5(10)11/h1,3,8H,2,13H2,(H,14,15);4,9,14H,1-3H3,(H,10,11)(H,12,13)/t8-;/m0./s1. The molecule has 0 saturated carbocycles. The first kappa shape index (κ1) is 26.9. The summed E-state index contributed by atoms with van der Waals surface area (Å²) in [5, 5.41) is 44.5. The zero-order valence-electron chi connectivity index (χ0n) is 15.7. The molecule has 1 rings (SSSR count). The Balaban J connectivity index is 0.000000543. The van der Waals surface area contributed by atoms with Crippen LogP contribution in [0.3, 0.4) is 0 Å². The Morgan fingerprint density at radius 2 is 1.52 bits per heavy atom. The number of hydrogen-bond acceptors (Lipinski definition) is 6. The maximum Gasteiger partial charge on any atom is 0.339 e. The molecule has 0 amide bonds. The summed E-state index contributed by atoms with van der Waals surface area (Å²) in [7, 11) is 0. The Kier molecular flexibility index (Phi) is 9.31. The van der Waals surface area contributed by atoms with Gasteiger partial charge in [-0.3, -0.25) is 4.79 Å². The average Bonchev–Trinajstić information content (AvgIpc) is 2.57. The molecule has 0 aliphatic rings. The molecule has 12 heteroatoms. The normalized spacial score (nSPS) is 15.3. The van der Waals surface area contributed by atoms with Gasteiger partial charge in [0.25, 0.3) is 0 Å². The number of rotatable bonds is 6. The van der Waals surface area contributed by atoms with E-state index in [1.807, 2.05) is 0 Å². The molecule has 1 aromatic rings. The monoisotopic (exact) mass is 485 g/mol. The lowest BCUT2D eigenvalue weighted by Crippen LogP contribution is -2.61. The van der Waals surface area contributed by atoms with Gasteiger partial charge in [0.1, 0.15) is 6.04 Å². The number of aliphatic carboxylic acids is 3. The quantitative estimate of drug-likeness (QED) is 0.320. The summed E-state index contributed by atoms with van der Waals surface area (Å²) in [4.78, 5) is 31.6. The number of aliphatic hydroxyl groups excluding tert-OH is 1. The Labute approximate surface area is 172 Å². The maximum absolute atomic E-state index is 12.8. The molecule has 0 aliphatic carbocycles. The van der Waals surface area contributed by atoms with Gasteiger partial charge in [0.2, 0.25) is 5.60 Å². The van der Waals surface area contributed by atoms with Crippen LogP contribution in [0, 0.1) is 17.0 Å². The van der Waals surface area contributed by atoms with Gasteiger partial charge in [0.15, 0.2) is 17.7 Å². The van der Waals surface area contributed by atoms with E-state index >= 15 is 0 Å². The van der Waals surface area contributed by atoms with Gasteiger partial charge in [0, 0.05) is 9.89 Å². The molecule has 9 nitrogen and oxygen atoms in total. The van der Waals surface area contributed by atoms with Crippen LogP contribution in [-0.4, -0.2) is 61.2 Å². The fourth-order valence-corrected chi connectivity index (χ4v) is 2.55. The third-order valence-electron chi connectivity index (χ3n) is 3.95. The second-order valence-corrected chi connectivity index (χ2v) is 7.92. The highest BCUT2D eigenvalue weighted by atomic mass is 79.9. The second kappa shape index (κ2) is 10.1. The molecular formula is C17H22BrF2NO8. The van der Waals surface area contributed by atoms with Crippen LogP contribution in [0.5, 0.6) is 0 Å². The fraction of sp³-hybridized carbons (Fsp3) is 0.471. The lowest BCUT2D eigenvalue weighted by molar-refractivity contribution is -0.200. The third-order valence-corrected chi connectivity index (χ3v) is 4.68. The first-order chi connectivity index (χ1) is 13.0. The number of aliphatic hydroxyl groups is 2. The summed E-state index contributed by atoms with van der Waals surface area (Å²) < 4.78 is 25.8. The van der Waals surface area contributed by atoms with Crippen molar-refractivity contribution in [3.8, 4) is 0 Å². The fourth-order valence-electron chi connectivity index (χ4n) is 2.07. The molecule has 0 heterocycles. The van der Waals surface area contributed by atoms with Crippen molar-refractivity contribution < 1.29 is 48.7 Å². The number of halogens is 3. The van der Waals surface area contributed by atoms with Crippen molar-refractivity contribution >= 4 is 33.8 Å². The first-order valence-electron chi connectivity index (χ1n) is 7.95. The van der Waals surface area contributed by atoms with Gasteiger partial charge in [-0.1, -0.05) is 36.7 Å². The topological polar surface area (TPSA) is 178 Å². The van der Waals surface area contributed by atoms with E-state index in [1.54, 1.807) is 0 Å². The number of carboxylic acid groups (broad SMARTS) is 3. The summed E-state index contributed by atoms with van der Waals surface area (Å²) >= 11 is 3.00. The molecule has 7 N–H and O–H groups in total. The van der Waals surface area contributed by atoms with E-state index in [0.29, 0.717) is 10.0 Å². The van der Waals surface area contributed by atoms with Crippen molar-refractivity contribution in [2.75, 3.05) is 0 Å². The van der Waals surface area contributed by atoms with Crippen molar-refractivity contribution in [2.24, 2.45) is 11.1 Å². The zero-order valence-corrected chi connectivity index (χ0v) is 17.3. The van der Waals surface area contributed by atoms with Crippen molar-refractivity contribution in [1.82, 2.24) is 0 Å². The number of nitrogens with two attached hydrogens (primary N) is 1. The van der Waals surface area contributed by atoms with E-state index in [4.69, 9.17) is 26.2 Å². The molecule has 0 radical (unpaired) electrons. The van der Waals surface area contributed by atoms with Gasteiger partial charge in [-0.25, -0.2) is 18.4 Å². The van der Waals surface area contributed by atoms with Crippen LogP contribution in [0.1, 0.15) is 26.3 Å². The molecule has 1 aromatic carbocycles. The highest BCUT2D eigenvalue weighted by molar-refractivity contribution is 9.10. The average molecular weight is 486 g/mol. The van der Waals surface area contributed by atoms with E-state index in [9.17, 15) is 28.3 Å². The van der Waals surface area contributed by atoms with Crippen molar-refractivity contribution in [2.45, 2.75) is 44.9 Å². The largest absolute Gasteiger partial charge is 0.480 e. The van der Waals surface area contributed by atoms with E-state index in [1.165, 1.54) is 20.8 Å². The van der Waals surface area contributed by atoms with Gasteiger partial charge >= 0.3 is 17.9 Å². The second-order valence-electron chi connectivity index (χ2n) is 7.07. The Morgan fingerprint density at radius 1 is 1.07 bits per heavy atom. The highest BCUT2D eigenvalue weighted by Gasteiger charge is 2.56. The van der Waals surface area contributed by atoms with Crippen LogP contribution in [0.4, 0.5) is 8.78 Å². The minimum atomic E-state index is -2.71. The molecular weight excluding hydrogens is 464 g/mol. The van der Waals surface area contributed by atoms with Gasteiger partial charge in [0.05, 0.1) is 0 Å². The van der Waals surface area contributed by atoms with Crippen LogP contribution in [-0.2, 0) is 20.8 Å². The SMILES string of the molecule is CC(C)(C)C(O)(C(=O)O)C(O)C(=O)O.N[C@@H](Cc1cc(F)c(F)cc1Br)C(=O)O. The van der Waals surface area contributed by atoms with Crippen LogP contribution < -0.4 is 5.73 Å². The van der Waals surface area contributed by atoms with Crippen molar-refractivity contribution in [1.29, 1.82) is 0 Å². The number of hydrogen-bond donors (Lipinski definition) is 6. The first-order valence-corrected chi connectivity index (χ1v) is 8.74. The molecule has 0 spiro atoms. The summed E-state index contributed by atoms with van der Waals surface area (Å²) in [6.07, 6.45) is -2.42. The summed E-state index contributed by atoms with van der Waals surface area (Å²) in [5.41, 5.74) is 1.59. The van der Waals surface area contributed by atoms with Gasteiger partial charge in [-0.15, -0.1) is 0 Å². The minimum absolute atomic E-state index is 0.0624. The third kappa shape index (κ3) is 6.70. The molecule has 0 bridgehead atoms. The number of carboxylic acids is 3. The molecule has 3 atom stereocenters. The van der Waals surface area contributed by atoms with E-state index in [0.717, 1.165) is 12.1 Å². The molecule has 0 saturated heterocycles. The molecule has 0 fully saturated rings. The highest BCUT2D eigenvalue weighted by Crippen LogP contribution is 2.33. The van der Waals surface area contributed by atoms with E-state index in [-0.39, 0.29) is 6.42 Å². The van der Waals surface area contributed by atoms with Crippen molar-refractivity contribution in [3.05, 3.63) is 33.8 Å². The van der Waals surface area contributed by atoms with E-state index < -0.39 is 52.7 Å². The lowest BCUT2D eigenvalue weighted by Gasteiger charge is -2.37. The predicted molar refractivity (Wildman–Crippen MR) is 99.1 cm³/mol. The van der Waals surface area contributed by atoms with E-state index in [2.05, 4.69) is 15.9 Å². The molecule has 0 aromatic heterocycles. The maximum atomic E-state index is 12.8. The summed E-state index contributed by atoms with van der Waals surface area (Å²) in [6.45, 7) is 3.98. The Bertz CT molecular complexity index is 783. The number of carbonyl (C=O) groups is 3. The predicted octanol–water partition coefficient (Wildman–Crippen LogP) is 0.975. The van der Waals surface area contributed by atoms with Gasteiger partial charge in [-0.05, 0) is 24.1 Å². The minimum Gasteiger partial charge on any atom is -0.480 e. The molecule has 2 unspecified atom stereocenters. The zero-order chi connectivity index (χ0) is 23.3. The molecule has 0 aliphatic heterocycles. The number of benzene rings is 1. The lowest BCUT2D eigenvalue weighted by atomic mass is 9.73. The Hall–Kier alpha value is -2.15. The van der Waals surface area contributed by atoms with Gasteiger partial charge < -0.3 is 31.3 Å². The summed E-state index contributed by atoms with van der Waals surface area (Å²) in [5.74, 6) is -6.74. The smallest absolute Gasteiger partial charge is 0.339 e.